The summed E-state index contributed by atoms with van der Waals surface area (Å²) < 4.78 is 5.97. The number of rotatable bonds is 6. The molecule has 142 valence electrons. The minimum absolute atomic E-state index is 0.0701. The van der Waals surface area contributed by atoms with Gasteiger partial charge in [-0.15, -0.1) is 0 Å². The number of nitrogens with one attached hydrogen (secondary N) is 1. The third-order valence-corrected chi connectivity index (χ3v) is 4.76. The SMILES string of the molecule is CCCOc1ccc2ccccc2c1CN(C)C(=O)c1ccc2n[nH]nc2c1. The molecule has 6 heteroatoms. The Kier molecular flexibility index (Phi) is 4.93. The molecule has 0 bridgehead atoms. The topological polar surface area (TPSA) is 71.1 Å². The molecule has 0 radical (unpaired) electrons. The fourth-order valence-electron chi connectivity index (χ4n) is 3.33. The third-order valence-electron chi connectivity index (χ3n) is 4.76. The Hall–Kier alpha value is -3.41. The molecule has 0 fully saturated rings. The first-order valence-corrected chi connectivity index (χ1v) is 9.37. The van der Waals surface area contributed by atoms with E-state index in [-0.39, 0.29) is 5.91 Å². The minimum atomic E-state index is -0.0701. The Morgan fingerprint density at radius 3 is 2.75 bits per heavy atom. The van der Waals surface area contributed by atoms with E-state index >= 15 is 0 Å². The van der Waals surface area contributed by atoms with Gasteiger partial charge in [0, 0.05) is 24.7 Å². The van der Waals surface area contributed by atoms with Gasteiger partial charge in [-0.25, -0.2) is 0 Å². The normalized spacial score (nSPS) is 11.1. The monoisotopic (exact) mass is 374 g/mol. The van der Waals surface area contributed by atoms with Crippen LogP contribution in [0, 0.1) is 0 Å². The zero-order chi connectivity index (χ0) is 19.5. The number of carbonyl (C=O) groups excluding carboxylic acids is 1. The van der Waals surface area contributed by atoms with Crippen LogP contribution < -0.4 is 4.74 Å². The van der Waals surface area contributed by atoms with Crippen molar-refractivity contribution in [2.75, 3.05) is 13.7 Å². The van der Waals surface area contributed by atoms with Crippen molar-refractivity contribution in [3.63, 3.8) is 0 Å². The zero-order valence-electron chi connectivity index (χ0n) is 16.0. The van der Waals surface area contributed by atoms with Gasteiger partial charge in [-0.3, -0.25) is 4.79 Å². The summed E-state index contributed by atoms with van der Waals surface area (Å²) in [6, 6.07) is 17.6. The van der Waals surface area contributed by atoms with Gasteiger partial charge in [-0.2, -0.15) is 15.4 Å². The minimum Gasteiger partial charge on any atom is -0.493 e. The molecule has 28 heavy (non-hydrogen) atoms. The second kappa shape index (κ2) is 7.68. The summed E-state index contributed by atoms with van der Waals surface area (Å²) in [5.74, 6) is 0.756. The number of hydrogen-bond acceptors (Lipinski definition) is 4. The van der Waals surface area contributed by atoms with Crippen molar-refractivity contribution in [1.29, 1.82) is 0 Å². The van der Waals surface area contributed by atoms with Crippen molar-refractivity contribution in [3.05, 3.63) is 65.7 Å². The molecule has 1 aromatic heterocycles. The molecule has 4 rings (SSSR count). The van der Waals surface area contributed by atoms with Crippen LogP contribution in [0.3, 0.4) is 0 Å². The van der Waals surface area contributed by atoms with Crippen LogP contribution in [-0.4, -0.2) is 39.9 Å². The van der Waals surface area contributed by atoms with Gasteiger partial charge in [0.05, 0.1) is 6.61 Å². The molecule has 1 N–H and O–H groups in total. The van der Waals surface area contributed by atoms with Gasteiger partial charge in [-0.05, 0) is 41.5 Å². The summed E-state index contributed by atoms with van der Waals surface area (Å²) >= 11 is 0. The number of benzene rings is 3. The summed E-state index contributed by atoms with van der Waals surface area (Å²) in [6.07, 6.45) is 0.929. The predicted octanol–water partition coefficient (Wildman–Crippen LogP) is 4.17. The van der Waals surface area contributed by atoms with E-state index in [0.29, 0.717) is 24.2 Å². The number of aromatic amines is 1. The molecule has 6 nitrogen and oxygen atoms in total. The molecule has 0 aliphatic carbocycles. The molecular weight excluding hydrogens is 352 g/mol. The lowest BCUT2D eigenvalue weighted by Crippen LogP contribution is -2.26. The Balaban J connectivity index is 1.66. The highest BCUT2D eigenvalue weighted by molar-refractivity contribution is 5.97. The summed E-state index contributed by atoms with van der Waals surface area (Å²) in [5, 5.41) is 12.9. The summed E-state index contributed by atoms with van der Waals surface area (Å²) in [7, 11) is 1.81. The van der Waals surface area contributed by atoms with Crippen molar-refractivity contribution in [3.8, 4) is 5.75 Å². The van der Waals surface area contributed by atoms with Gasteiger partial charge >= 0.3 is 0 Å². The first-order chi connectivity index (χ1) is 13.7. The van der Waals surface area contributed by atoms with Gasteiger partial charge in [-0.1, -0.05) is 37.3 Å². The Labute approximate surface area is 163 Å². The highest BCUT2D eigenvalue weighted by atomic mass is 16.5. The van der Waals surface area contributed by atoms with Crippen molar-refractivity contribution >= 4 is 27.7 Å². The van der Waals surface area contributed by atoms with Crippen molar-refractivity contribution in [2.24, 2.45) is 0 Å². The molecule has 3 aromatic carbocycles. The van der Waals surface area contributed by atoms with Gasteiger partial charge in [0.25, 0.3) is 5.91 Å². The van der Waals surface area contributed by atoms with Crippen molar-refractivity contribution in [1.82, 2.24) is 20.3 Å². The first kappa shape index (κ1) is 18.0. The van der Waals surface area contributed by atoms with Crippen LogP contribution in [0.25, 0.3) is 21.8 Å². The van der Waals surface area contributed by atoms with E-state index in [2.05, 4.69) is 40.5 Å². The average Bonchev–Trinajstić information content (AvgIpc) is 3.20. The van der Waals surface area contributed by atoms with E-state index in [1.165, 1.54) is 0 Å². The van der Waals surface area contributed by atoms with Crippen molar-refractivity contribution < 1.29 is 9.53 Å². The van der Waals surface area contributed by atoms with E-state index in [1.54, 1.807) is 30.1 Å². The van der Waals surface area contributed by atoms with Gasteiger partial charge in [0.15, 0.2) is 0 Å². The molecular formula is C22H22N4O2. The lowest BCUT2D eigenvalue weighted by Gasteiger charge is -2.21. The van der Waals surface area contributed by atoms with Crippen LogP contribution in [-0.2, 0) is 6.54 Å². The molecule has 0 unspecified atom stereocenters. The maximum atomic E-state index is 13.0. The van der Waals surface area contributed by atoms with E-state index in [4.69, 9.17) is 4.74 Å². The van der Waals surface area contributed by atoms with E-state index in [9.17, 15) is 4.79 Å². The first-order valence-electron chi connectivity index (χ1n) is 9.37. The maximum absolute atomic E-state index is 13.0. The Bertz CT molecular complexity index is 1140. The van der Waals surface area contributed by atoms with Gasteiger partial charge < -0.3 is 9.64 Å². The fourth-order valence-corrected chi connectivity index (χ4v) is 3.33. The number of fused-ring (bicyclic) bond motifs is 2. The number of ether oxygens (including phenoxy) is 1. The molecule has 0 saturated carbocycles. The van der Waals surface area contributed by atoms with Crippen LogP contribution in [0.5, 0.6) is 5.75 Å². The van der Waals surface area contributed by atoms with Crippen LogP contribution in [0.15, 0.2) is 54.6 Å². The molecule has 0 spiro atoms. The number of carbonyl (C=O) groups is 1. The molecule has 1 heterocycles. The molecule has 0 saturated heterocycles. The number of aromatic nitrogens is 3. The highest BCUT2D eigenvalue weighted by Crippen LogP contribution is 2.30. The highest BCUT2D eigenvalue weighted by Gasteiger charge is 2.17. The number of H-pyrrole nitrogens is 1. The van der Waals surface area contributed by atoms with Crippen LogP contribution in [0.4, 0.5) is 0 Å². The van der Waals surface area contributed by atoms with Crippen LogP contribution in [0.2, 0.25) is 0 Å². The van der Waals surface area contributed by atoms with Gasteiger partial charge in [0.1, 0.15) is 16.8 Å². The molecule has 0 aliphatic rings. The summed E-state index contributed by atoms with van der Waals surface area (Å²) in [4.78, 5) is 14.7. The second-order valence-electron chi connectivity index (χ2n) is 6.80. The third kappa shape index (κ3) is 3.41. The Morgan fingerprint density at radius 1 is 1.07 bits per heavy atom. The summed E-state index contributed by atoms with van der Waals surface area (Å²) in [6.45, 7) is 3.18. The predicted molar refractivity (Wildman–Crippen MR) is 109 cm³/mol. The lowest BCUT2D eigenvalue weighted by atomic mass is 10.0. The molecule has 0 aliphatic heterocycles. The van der Waals surface area contributed by atoms with Crippen LogP contribution >= 0.6 is 0 Å². The van der Waals surface area contributed by atoms with E-state index in [0.717, 1.165) is 34.0 Å². The molecule has 4 aromatic rings. The largest absolute Gasteiger partial charge is 0.493 e. The number of nitrogens with zero attached hydrogens (tertiary/aromatic N) is 3. The van der Waals surface area contributed by atoms with Crippen molar-refractivity contribution in [2.45, 2.75) is 19.9 Å². The summed E-state index contributed by atoms with van der Waals surface area (Å²) in [5.41, 5.74) is 3.02. The standard InChI is InChI=1S/C22H22N4O2/c1-3-12-28-21-11-9-15-6-4-5-7-17(15)18(21)14-26(2)22(27)16-8-10-19-20(13-16)24-25-23-19/h4-11,13H,3,12,14H2,1-2H3,(H,23,24,25). The fraction of sp³-hybridized carbons (Fsp3) is 0.227. The number of amides is 1. The second-order valence-corrected chi connectivity index (χ2v) is 6.80. The van der Waals surface area contributed by atoms with Gasteiger partial charge in [0.2, 0.25) is 0 Å². The molecule has 1 amide bonds. The quantitative estimate of drug-likeness (QED) is 0.550. The molecule has 0 atom stereocenters. The number of hydrogen-bond donors (Lipinski definition) is 1. The van der Waals surface area contributed by atoms with E-state index < -0.39 is 0 Å². The maximum Gasteiger partial charge on any atom is 0.253 e. The lowest BCUT2D eigenvalue weighted by molar-refractivity contribution is 0.0784. The average molecular weight is 374 g/mol. The Morgan fingerprint density at radius 2 is 1.89 bits per heavy atom. The smallest absolute Gasteiger partial charge is 0.253 e. The van der Waals surface area contributed by atoms with Crippen LogP contribution in [0.1, 0.15) is 29.3 Å². The van der Waals surface area contributed by atoms with E-state index in [1.807, 2.05) is 18.2 Å². The zero-order valence-corrected chi connectivity index (χ0v) is 16.0.